The monoisotopic (exact) mass is 235 g/mol. The summed E-state index contributed by atoms with van der Waals surface area (Å²) in [6.45, 7) is 1.51. The van der Waals surface area contributed by atoms with Gasteiger partial charge in [0.2, 0.25) is 0 Å². The van der Waals surface area contributed by atoms with E-state index in [1.165, 1.54) is 16.8 Å². The van der Waals surface area contributed by atoms with E-state index in [0.29, 0.717) is 5.69 Å². The Morgan fingerprint density at radius 1 is 1.41 bits per heavy atom. The van der Waals surface area contributed by atoms with Crippen LogP contribution in [0, 0.1) is 0 Å². The standard InChI is InChI=1S/C12H16N4O/c1-9(2)13-10-5-4-7-16(12(10)17)11-6-8-15(3)14-11/h4-9,13H,1-3H3/i3D3. The molecule has 0 fully saturated rings. The zero-order valence-electron chi connectivity index (χ0n) is 12.7. The summed E-state index contributed by atoms with van der Waals surface area (Å²) in [5.41, 5.74) is 0.183. The lowest BCUT2D eigenvalue weighted by Crippen LogP contribution is -2.24. The number of rotatable bonds is 3. The van der Waals surface area contributed by atoms with E-state index in [-0.39, 0.29) is 17.4 Å². The second kappa shape index (κ2) is 4.45. The van der Waals surface area contributed by atoms with E-state index in [0.717, 1.165) is 4.68 Å². The lowest BCUT2D eigenvalue weighted by molar-refractivity contribution is 0.746. The molecule has 90 valence electrons. The Kier molecular flexibility index (Phi) is 2.12. The minimum absolute atomic E-state index is 0.124. The Hall–Kier alpha value is -2.04. The lowest BCUT2D eigenvalue weighted by atomic mass is 10.3. The van der Waals surface area contributed by atoms with Crippen LogP contribution >= 0.6 is 0 Å². The van der Waals surface area contributed by atoms with Gasteiger partial charge in [0.05, 0.1) is 0 Å². The fourth-order valence-electron chi connectivity index (χ4n) is 1.54. The van der Waals surface area contributed by atoms with Gasteiger partial charge in [0.1, 0.15) is 5.69 Å². The molecule has 0 aliphatic carbocycles. The molecular weight excluding hydrogens is 216 g/mol. The first kappa shape index (κ1) is 8.11. The third kappa shape index (κ3) is 2.38. The van der Waals surface area contributed by atoms with Crippen molar-refractivity contribution in [1.82, 2.24) is 14.3 Å². The number of hydrogen-bond donors (Lipinski definition) is 1. The number of pyridine rings is 1. The summed E-state index contributed by atoms with van der Waals surface area (Å²) in [6.07, 6.45) is 2.89. The second-order valence-corrected chi connectivity index (χ2v) is 4.01. The van der Waals surface area contributed by atoms with Crippen LogP contribution in [-0.4, -0.2) is 20.4 Å². The molecule has 2 rings (SSSR count). The first-order valence-electron chi connectivity index (χ1n) is 6.84. The maximum atomic E-state index is 12.3. The molecule has 0 radical (unpaired) electrons. The minimum atomic E-state index is -2.35. The fraction of sp³-hybridized carbons (Fsp3) is 0.333. The molecule has 0 saturated carbocycles. The summed E-state index contributed by atoms with van der Waals surface area (Å²) < 4.78 is 24.0. The van der Waals surface area contributed by atoms with E-state index in [9.17, 15) is 4.79 Å². The number of nitrogens with zero attached hydrogens (tertiary/aromatic N) is 3. The van der Waals surface area contributed by atoms with Gasteiger partial charge in [0, 0.05) is 35.6 Å². The van der Waals surface area contributed by atoms with Crippen molar-refractivity contribution in [2.75, 3.05) is 5.32 Å². The lowest BCUT2D eigenvalue weighted by Gasteiger charge is -2.10. The molecule has 0 aromatic carbocycles. The Morgan fingerprint density at radius 3 is 2.88 bits per heavy atom. The van der Waals surface area contributed by atoms with Crippen LogP contribution in [0.25, 0.3) is 5.82 Å². The maximum absolute atomic E-state index is 12.3. The zero-order chi connectivity index (χ0) is 14.9. The van der Waals surface area contributed by atoms with Crippen molar-refractivity contribution in [1.29, 1.82) is 0 Å². The number of anilines is 1. The molecule has 5 nitrogen and oxygen atoms in total. The third-order valence-electron chi connectivity index (χ3n) is 2.21. The normalized spacial score (nSPS) is 14.2. The van der Waals surface area contributed by atoms with Crippen molar-refractivity contribution in [3.8, 4) is 5.82 Å². The van der Waals surface area contributed by atoms with E-state index in [4.69, 9.17) is 4.11 Å². The smallest absolute Gasteiger partial charge is 0.279 e. The summed E-state index contributed by atoms with van der Waals surface area (Å²) >= 11 is 0. The molecule has 0 aliphatic rings. The van der Waals surface area contributed by atoms with Crippen molar-refractivity contribution in [2.45, 2.75) is 19.9 Å². The van der Waals surface area contributed by atoms with Gasteiger partial charge < -0.3 is 5.32 Å². The van der Waals surface area contributed by atoms with E-state index in [2.05, 4.69) is 10.4 Å². The van der Waals surface area contributed by atoms with Gasteiger partial charge in [-0.15, -0.1) is 0 Å². The summed E-state index contributed by atoms with van der Waals surface area (Å²) in [6, 6.07) is 5.01. The van der Waals surface area contributed by atoms with Crippen LogP contribution in [0.5, 0.6) is 0 Å². The van der Waals surface area contributed by atoms with E-state index in [1.807, 2.05) is 13.8 Å². The summed E-state index contributed by atoms with van der Waals surface area (Å²) in [4.78, 5) is 12.3. The first-order valence-corrected chi connectivity index (χ1v) is 5.34. The second-order valence-electron chi connectivity index (χ2n) is 4.01. The Labute approximate surface area is 104 Å². The predicted molar refractivity (Wildman–Crippen MR) is 67.6 cm³/mol. The Bertz CT molecular complexity index is 657. The Balaban J connectivity index is 2.43. The predicted octanol–water partition coefficient (Wildman–Crippen LogP) is 1.39. The van der Waals surface area contributed by atoms with E-state index >= 15 is 0 Å². The van der Waals surface area contributed by atoms with Crippen molar-refractivity contribution in [2.24, 2.45) is 6.98 Å². The maximum Gasteiger partial charge on any atom is 0.279 e. The average molecular weight is 235 g/mol. The third-order valence-corrected chi connectivity index (χ3v) is 2.21. The SMILES string of the molecule is [2H]C([2H])([2H])n1ccc(-n2cccc(NC(C)C)c2=O)n1. The molecule has 0 atom stereocenters. The van der Waals surface area contributed by atoms with E-state index < -0.39 is 6.98 Å². The fourth-order valence-corrected chi connectivity index (χ4v) is 1.54. The summed E-state index contributed by atoms with van der Waals surface area (Å²) in [5.74, 6) is 0.276. The van der Waals surface area contributed by atoms with Gasteiger partial charge in [0.15, 0.2) is 5.82 Å². The highest BCUT2D eigenvalue weighted by Crippen LogP contribution is 2.05. The van der Waals surface area contributed by atoms with Gasteiger partial charge in [-0.25, -0.2) is 0 Å². The van der Waals surface area contributed by atoms with Gasteiger partial charge in [-0.3, -0.25) is 14.0 Å². The molecule has 0 amide bonds. The molecule has 5 heteroatoms. The highest BCUT2D eigenvalue weighted by atomic mass is 16.1. The van der Waals surface area contributed by atoms with Crippen molar-refractivity contribution >= 4 is 5.69 Å². The van der Waals surface area contributed by atoms with Crippen molar-refractivity contribution in [3.05, 3.63) is 40.9 Å². The van der Waals surface area contributed by atoms with Gasteiger partial charge >= 0.3 is 0 Å². The largest absolute Gasteiger partial charge is 0.378 e. The van der Waals surface area contributed by atoms with Crippen molar-refractivity contribution in [3.63, 3.8) is 0 Å². The zero-order valence-corrected chi connectivity index (χ0v) is 9.71. The summed E-state index contributed by atoms with van der Waals surface area (Å²) in [7, 11) is 0. The highest BCUT2D eigenvalue weighted by Gasteiger charge is 2.07. The van der Waals surface area contributed by atoms with Crippen LogP contribution in [0.2, 0.25) is 0 Å². The number of nitrogens with one attached hydrogen (secondary N) is 1. The van der Waals surface area contributed by atoms with Crippen LogP contribution in [0.4, 0.5) is 5.69 Å². The quantitative estimate of drug-likeness (QED) is 0.874. The van der Waals surface area contributed by atoms with Crippen molar-refractivity contribution < 1.29 is 4.11 Å². The number of hydrogen-bond acceptors (Lipinski definition) is 3. The molecule has 2 heterocycles. The highest BCUT2D eigenvalue weighted by molar-refractivity contribution is 5.43. The molecular formula is C12H16N4O. The van der Waals surface area contributed by atoms with Crippen LogP contribution < -0.4 is 10.9 Å². The van der Waals surface area contributed by atoms with Gasteiger partial charge in [-0.2, -0.15) is 5.10 Å². The van der Waals surface area contributed by atoms with Crippen LogP contribution in [-0.2, 0) is 6.98 Å². The van der Waals surface area contributed by atoms with Gasteiger partial charge in [0.25, 0.3) is 5.56 Å². The molecule has 0 bridgehead atoms. The molecule has 2 aromatic rings. The molecule has 1 N–H and O–H groups in total. The van der Waals surface area contributed by atoms with Crippen LogP contribution in [0.1, 0.15) is 18.0 Å². The minimum Gasteiger partial charge on any atom is -0.378 e. The Morgan fingerprint density at radius 2 is 2.24 bits per heavy atom. The average Bonchev–Trinajstić information content (AvgIpc) is 2.80. The number of aryl methyl sites for hydroxylation is 1. The first-order chi connectivity index (χ1) is 9.29. The summed E-state index contributed by atoms with van der Waals surface area (Å²) in [5, 5.41) is 6.96. The van der Waals surface area contributed by atoms with Gasteiger partial charge in [-0.05, 0) is 26.0 Å². The van der Waals surface area contributed by atoms with Crippen LogP contribution in [0.3, 0.4) is 0 Å². The molecule has 0 unspecified atom stereocenters. The van der Waals surface area contributed by atoms with Crippen LogP contribution in [0.15, 0.2) is 35.4 Å². The molecule has 2 aromatic heterocycles. The van der Waals surface area contributed by atoms with Gasteiger partial charge in [-0.1, -0.05) is 0 Å². The molecule has 0 saturated heterocycles. The topological polar surface area (TPSA) is 51.9 Å². The van der Waals surface area contributed by atoms with E-state index in [1.54, 1.807) is 18.3 Å². The molecule has 0 aliphatic heterocycles. The molecule has 17 heavy (non-hydrogen) atoms. The molecule has 0 spiro atoms. The number of aromatic nitrogens is 3.